The van der Waals surface area contributed by atoms with Crippen LogP contribution in [0.3, 0.4) is 0 Å². The fraction of sp³-hybridized carbons (Fsp3) is 0.636. The Balaban J connectivity index is 1.39. The summed E-state index contributed by atoms with van der Waals surface area (Å²) < 4.78 is 0. The fourth-order valence-electron chi connectivity index (χ4n) is 4.32. The summed E-state index contributed by atoms with van der Waals surface area (Å²) in [6, 6.07) is 9.25. The summed E-state index contributed by atoms with van der Waals surface area (Å²) in [4.78, 5) is 0. The molecule has 0 unspecified atom stereocenters. The van der Waals surface area contributed by atoms with Gasteiger partial charge in [0.25, 0.3) is 0 Å². The highest BCUT2D eigenvalue weighted by molar-refractivity contribution is 5.25. The molecule has 0 aromatic heterocycles. The zero-order chi connectivity index (χ0) is 15.4. The van der Waals surface area contributed by atoms with E-state index >= 15 is 0 Å². The molecule has 2 radical (unpaired) electrons. The maximum Gasteiger partial charge on any atom is -0.0162 e. The van der Waals surface area contributed by atoms with Crippen LogP contribution in [0.15, 0.2) is 24.3 Å². The van der Waals surface area contributed by atoms with Crippen molar-refractivity contribution in [2.75, 3.05) is 0 Å². The van der Waals surface area contributed by atoms with Gasteiger partial charge in [0.15, 0.2) is 0 Å². The summed E-state index contributed by atoms with van der Waals surface area (Å²) in [5.74, 6) is 5.44. The third kappa shape index (κ3) is 4.37. The molecule has 0 heteroatoms. The van der Waals surface area contributed by atoms with Gasteiger partial charge in [0.2, 0.25) is 0 Å². The molecular weight excluding hydrogens is 264 g/mol. The first-order chi connectivity index (χ1) is 10.7. The standard InChI is InChI=1S/C22H32/c1-17-3-7-19(8-4-17)9-10-20-11-15-22(16-12-20)21-13-5-18(2)6-14-21/h5-6,13-14,19,22H,3-4,7-12,15-16H2,1-2H3. The smallest absolute Gasteiger partial charge is 0.0162 e. The van der Waals surface area contributed by atoms with E-state index in [2.05, 4.69) is 38.1 Å². The quantitative estimate of drug-likeness (QED) is 0.573. The summed E-state index contributed by atoms with van der Waals surface area (Å²) in [6.07, 6.45) is 14.2. The molecule has 0 aliphatic heterocycles. The van der Waals surface area contributed by atoms with Crippen LogP contribution in [0.4, 0.5) is 0 Å². The zero-order valence-electron chi connectivity index (χ0n) is 14.5. The van der Waals surface area contributed by atoms with Gasteiger partial charge in [-0.25, -0.2) is 0 Å². The summed E-state index contributed by atoms with van der Waals surface area (Å²) in [7, 11) is 0. The lowest BCUT2D eigenvalue weighted by atomic mass is 9.74. The lowest BCUT2D eigenvalue weighted by Crippen LogP contribution is -2.15. The van der Waals surface area contributed by atoms with Crippen molar-refractivity contribution < 1.29 is 0 Å². The lowest BCUT2D eigenvalue weighted by Gasteiger charge is -2.31. The van der Waals surface area contributed by atoms with E-state index in [1.165, 1.54) is 69.8 Å². The predicted octanol–water partition coefficient (Wildman–Crippen LogP) is 6.79. The van der Waals surface area contributed by atoms with Crippen LogP contribution >= 0.6 is 0 Å². The first-order valence-electron chi connectivity index (χ1n) is 9.42. The highest BCUT2D eigenvalue weighted by atomic mass is 14.3. The van der Waals surface area contributed by atoms with E-state index in [4.69, 9.17) is 0 Å². The molecule has 1 aromatic carbocycles. The maximum absolute atomic E-state index is 2.35. The molecule has 120 valence electrons. The molecule has 3 rings (SSSR count). The van der Waals surface area contributed by atoms with E-state index < -0.39 is 0 Å². The Kier molecular flexibility index (Phi) is 5.61. The summed E-state index contributed by atoms with van der Waals surface area (Å²) in [5.41, 5.74) is 2.95. The Morgan fingerprint density at radius 3 is 2.09 bits per heavy atom. The predicted molar refractivity (Wildman–Crippen MR) is 95.7 cm³/mol. The summed E-state index contributed by atoms with van der Waals surface area (Å²) >= 11 is 0. The topological polar surface area (TPSA) is 0 Å². The van der Waals surface area contributed by atoms with Crippen LogP contribution in [0.2, 0.25) is 0 Å². The van der Waals surface area contributed by atoms with E-state index in [1.807, 2.05) is 5.92 Å². The molecule has 2 aliphatic carbocycles. The molecule has 22 heavy (non-hydrogen) atoms. The third-order valence-corrected chi connectivity index (χ3v) is 6.11. The van der Waals surface area contributed by atoms with E-state index in [0.29, 0.717) is 0 Å². The van der Waals surface area contributed by atoms with Crippen molar-refractivity contribution in [3.63, 3.8) is 0 Å². The molecule has 0 amide bonds. The van der Waals surface area contributed by atoms with Gasteiger partial charge in [-0.2, -0.15) is 0 Å². The second-order valence-electron chi connectivity index (χ2n) is 7.87. The molecule has 0 saturated heterocycles. The number of rotatable bonds is 4. The van der Waals surface area contributed by atoms with Gasteiger partial charge in [-0.15, -0.1) is 0 Å². The molecule has 2 aliphatic rings. The summed E-state index contributed by atoms with van der Waals surface area (Å²) in [5, 5.41) is 0. The van der Waals surface area contributed by atoms with Gasteiger partial charge in [-0.05, 0) is 100 Å². The molecule has 0 spiro atoms. The average Bonchev–Trinajstić information content (AvgIpc) is 2.56. The van der Waals surface area contributed by atoms with Crippen molar-refractivity contribution in [3.05, 3.63) is 47.2 Å². The Labute approximate surface area is 137 Å². The van der Waals surface area contributed by atoms with Crippen LogP contribution in [0, 0.1) is 24.7 Å². The molecular formula is C22H32. The van der Waals surface area contributed by atoms with Crippen LogP contribution in [0.25, 0.3) is 0 Å². The third-order valence-electron chi connectivity index (χ3n) is 6.11. The lowest BCUT2D eigenvalue weighted by molar-refractivity contribution is 0.339. The molecule has 0 bridgehead atoms. The van der Waals surface area contributed by atoms with Crippen LogP contribution in [0.1, 0.15) is 88.2 Å². The highest BCUT2D eigenvalue weighted by Crippen LogP contribution is 2.40. The van der Waals surface area contributed by atoms with Crippen LogP contribution in [-0.4, -0.2) is 0 Å². The van der Waals surface area contributed by atoms with Crippen molar-refractivity contribution >= 4 is 0 Å². The maximum atomic E-state index is 2.35. The molecule has 0 nitrogen and oxygen atoms in total. The average molecular weight is 296 g/mol. The fourth-order valence-corrected chi connectivity index (χ4v) is 4.32. The van der Waals surface area contributed by atoms with Crippen LogP contribution in [-0.2, 0) is 0 Å². The van der Waals surface area contributed by atoms with Gasteiger partial charge < -0.3 is 0 Å². The molecule has 2 fully saturated rings. The largest absolute Gasteiger partial charge is 0.0591 e. The number of hydrogen-bond donors (Lipinski definition) is 0. The Bertz CT molecular complexity index is 428. The molecule has 0 atom stereocenters. The Hall–Kier alpha value is -0.780. The van der Waals surface area contributed by atoms with Gasteiger partial charge >= 0.3 is 0 Å². The minimum Gasteiger partial charge on any atom is -0.0591 e. The van der Waals surface area contributed by atoms with Crippen molar-refractivity contribution in [1.82, 2.24) is 0 Å². The van der Waals surface area contributed by atoms with Crippen LogP contribution < -0.4 is 0 Å². The summed E-state index contributed by atoms with van der Waals surface area (Å²) in [6.45, 7) is 4.53. The minimum absolute atomic E-state index is 0.816. The Morgan fingerprint density at radius 2 is 1.45 bits per heavy atom. The normalized spacial score (nSPS) is 23.0. The van der Waals surface area contributed by atoms with E-state index in [9.17, 15) is 0 Å². The monoisotopic (exact) mass is 296 g/mol. The van der Waals surface area contributed by atoms with Gasteiger partial charge in [0.05, 0.1) is 0 Å². The zero-order valence-corrected chi connectivity index (χ0v) is 14.5. The van der Waals surface area contributed by atoms with Crippen molar-refractivity contribution in [2.24, 2.45) is 5.92 Å². The van der Waals surface area contributed by atoms with Gasteiger partial charge in [0.1, 0.15) is 0 Å². The van der Waals surface area contributed by atoms with Crippen molar-refractivity contribution in [3.8, 4) is 0 Å². The second-order valence-corrected chi connectivity index (χ2v) is 7.87. The molecule has 1 aromatic rings. The highest BCUT2D eigenvalue weighted by Gasteiger charge is 2.24. The number of hydrogen-bond acceptors (Lipinski definition) is 0. The van der Waals surface area contributed by atoms with E-state index in [1.54, 1.807) is 11.5 Å². The SMILES string of the molecule is C[C]1CCC(CC[C]2CCC(c3ccc(C)cc3)CC2)CC1. The first-order valence-corrected chi connectivity index (χ1v) is 9.42. The minimum atomic E-state index is 0.816. The molecule has 0 heterocycles. The first kappa shape index (κ1) is 16.1. The van der Waals surface area contributed by atoms with E-state index in [-0.39, 0.29) is 0 Å². The number of aryl methyl sites for hydroxylation is 1. The van der Waals surface area contributed by atoms with Gasteiger partial charge in [-0.3, -0.25) is 0 Å². The molecule has 2 saturated carbocycles. The second kappa shape index (κ2) is 7.66. The van der Waals surface area contributed by atoms with Crippen molar-refractivity contribution in [2.45, 2.75) is 84.0 Å². The van der Waals surface area contributed by atoms with Gasteiger partial charge in [-0.1, -0.05) is 36.8 Å². The van der Waals surface area contributed by atoms with Gasteiger partial charge in [0, 0.05) is 0 Å². The molecule has 0 N–H and O–H groups in total. The van der Waals surface area contributed by atoms with E-state index in [0.717, 1.165) is 11.8 Å². The number of benzene rings is 1. The van der Waals surface area contributed by atoms with Crippen LogP contribution in [0.5, 0.6) is 0 Å². The van der Waals surface area contributed by atoms with Crippen molar-refractivity contribution in [1.29, 1.82) is 0 Å². The Morgan fingerprint density at radius 1 is 0.818 bits per heavy atom.